The summed E-state index contributed by atoms with van der Waals surface area (Å²) in [6.45, 7) is 3.02. The molecule has 1 saturated heterocycles. The first-order chi connectivity index (χ1) is 21.9. The zero-order chi connectivity index (χ0) is 31.3. The molecule has 2 aliphatic rings. The van der Waals surface area contributed by atoms with Crippen LogP contribution in [0.4, 0.5) is 11.4 Å². The Bertz CT molecular complexity index is 1750. The molecule has 1 aliphatic heterocycles. The van der Waals surface area contributed by atoms with E-state index in [1.165, 1.54) is 22.0 Å². The van der Waals surface area contributed by atoms with E-state index in [2.05, 4.69) is 16.5 Å². The van der Waals surface area contributed by atoms with Crippen LogP contribution in [0.1, 0.15) is 47.7 Å². The minimum absolute atomic E-state index is 0.151. The summed E-state index contributed by atoms with van der Waals surface area (Å²) in [6.07, 6.45) is 6.15. The fourth-order valence-electron chi connectivity index (χ4n) is 5.91. The second kappa shape index (κ2) is 13.3. The SMILES string of the molecule is CCOC(=O)C1CCCN(C(=O)c2ccc(Nc3c(Oc4ccc5c(c4)CCC5)cnn(-c4ccc(OC)cc4)c3=O)cc2)C1. The molecule has 6 rings (SSSR count). The van der Waals surface area contributed by atoms with Gasteiger partial charge in [-0.25, -0.2) is 0 Å². The number of likely N-dealkylation sites (tertiary alicyclic amines) is 1. The summed E-state index contributed by atoms with van der Waals surface area (Å²) in [4.78, 5) is 41.1. The van der Waals surface area contributed by atoms with Gasteiger partial charge in [0, 0.05) is 24.3 Å². The molecule has 1 aliphatic carbocycles. The van der Waals surface area contributed by atoms with Crippen molar-refractivity contribution in [2.75, 3.05) is 32.1 Å². The second-order valence-corrected chi connectivity index (χ2v) is 11.2. The van der Waals surface area contributed by atoms with Crippen LogP contribution >= 0.6 is 0 Å². The maximum absolute atomic E-state index is 13.9. The van der Waals surface area contributed by atoms with E-state index in [-0.39, 0.29) is 29.2 Å². The third-order valence-electron chi connectivity index (χ3n) is 8.29. The normalized spacial score (nSPS) is 15.7. The van der Waals surface area contributed by atoms with E-state index < -0.39 is 5.56 Å². The molecule has 0 spiro atoms. The minimum Gasteiger partial charge on any atom is -0.497 e. The van der Waals surface area contributed by atoms with Gasteiger partial charge in [-0.05, 0) is 111 Å². The summed E-state index contributed by atoms with van der Waals surface area (Å²) in [5, 5.41) is 7.63. The lowest BCUT2D eigenvalue weighted by Gasteiger charge is -2.31. The van der Waals surface area contributed by atoms with Gasteiger partial charge in [-0.2, -0.15) is 9.78 Å². The molecular formula is C35H36N4O6. The highest BCUT2D eigenvalue weighted by molar-refractivity contribution is 5.95. The van der Waals surface area contributed by atoms with Crippen LogP contribution in [0.15, 0.2) is 77.7 Å². The van der Waals surface area contributed by atoms with Gasteiger partial charge in [0.2, 0.25) is 0 Å². The van der Waals surface area contributed by atoms with E-state index in [1.807, 2.05) is 12.1 Å². The van der Waals surface area contributed by atoms with Crippen molar-refractivity contribution >= 4 is 23.3 Å². The predicted molar refractivity (Wildman–Crippen MR) is 170 cm³/mol. The fraction of sp³-hybridized carbons (Fsp3) is 0.314. The topological polar surface area (TPSA) is 112 Å². The van der Waals surface area contributed by atoms with Gasteiger partial charge in [0.25, 0.3) is 11.5 Å². The van der Waals surface area contributed by atoms with Gasteiger partial charge < -0.3 is 24.4 Å². The molecule has 1 fully saturated rings. The number of hydrogen-bond acceptors (Lipinski definition) is 8. The van der Waals surface area contributed by atoms with Crippen molar-refractivity contribution in [1.82, 2.24) is 14.7 Å². The van der Waals surface area contributed by atoms with Gasteiger partial charge in [-0.15, -0.1) is 0 Å². The lowest BCUT2D eigenvalue weighted by molar-refractivity contribution is -0.149. The summed E-state index contributed by atoms with van der Waals surface area (Å²) in [6, 6.07) is 20.0. The summed E-state index contributed by atoms with van der Waals surface area (Å²) in [5.74, 6) is 0.850. The van der Waals surface area contributed by atoms with Crippen LogP contribution in [0.25, 0.3) is 5.69 Å². The van der Waals surface area contributed by atoms with Crippen LogP contribution in [-0.4, -0.2) is 53.4 Å². The molecule has 3 aromatic carbocycles. The highest BCUT2D eigenvalue weighted by Crippen LogP contribution is 2.32. The number of anilines is 2. The monoisotopic (exact) mass is 608 g/mol. The first-order valence-electron chi connectivity index (χ1n) is 15.3. The molecule has 2 heterocycles. The van der Waals surface area contributed by atoms with Crippen molar-refractivity contribution in [3.05, 3.63) is 100.0 Å². The predicted octanol–water partition coefficient (Wildman–Crippen LogP) is 5.68. The van der Waals surface area contributed by atoms with E-state index in [1.54, 1.807) is 67.5 Å². The van der Waals surface area contributed by atoms with Crippen LogP contribution < -0.4 is 20.3 Å². The molecule has 1 N–H and O–H groups in total. The molecule has 10 heteroatoms. The largest absolute Gasteiger partial charge is 0.497 e. The molecule has 0 saturated carbocycles. The number of methoxy groups -OCH3 is 1. The zero-order valence-electron chi connectivity index (χ0n) is 25.5. The number of nitrogens with zero attached hydrogens (tertiary/aromatic N) is 3. The number of carbonyl (C=O) groups excluding carboxylic acids is 2. The van der Waals surface area contributed by atoms with Crippen LogP contribution in [-0.2, 0) is 22.4 Å². The molecule has 0 radical (unpaired) electrons. The van der Waals surface area contributed by atoms with Gasteiger partial charge in [-0.3, -0.25) is 14.4 Å². The van der Waals surface area contributed by atoms with Crippen molar-refractivity contribution in [3.63, 3.8) is 0 Å². The van der Waals surface area contributed by atoms with Gasteiger partial charge in [0.05, 0.1) is 31.5 Å². The Balaban J connectivity index is 1.26. The standard InChI is InChI=1S/C35H36N4O6/c1-3-44-35(42)26-8-5-19-38(22-26)33(40)24-9-12-27(13-10-24)37-32-31(45-30-16-11-23-6-4-7-25(23)20-30)21-36-39(34(32)41)28-14-17-29(43-2)18-15-28/h9-18,20-21,26,37H,3-8,19,22H2,1-2H3. The van der Waals surface area contributed by atoms with E-state index in [9.17, 15) is 14.4 Å². The molecule has 0 bridgehead atoms. The highest BCUT2D eigenvalue weighted by Gasteiger charge is 2.30. The minimum atomic E-state index is -0.405. The Morgan fingerprint density at radius 3 is 2.47 bits per heavy atom. The summed E-state index contributed by atoms with van der Waals surface area (Å²) in [5.41, 5.74) is 4.03. The maximum Gasteiger partial charge on any atom is 0.310 e. The van der Waals surface area contributed by atoms with E-state index >= 15 is 0 Å². The summed E-state index contributed by atoms with van der Waals surface area (Å²) < 4.78 is 18.0. The molecule has 1 unspecified atom stereocenters. The number of esters is 1. The lowest BCUT2D eigenvalue weighted by atomic mass is 9.97. The summed E-state index contributed by atoms with van der Waals surface area (Å²) in [7, 11) is 1.58. The Kier molecular flexibility index (Phi) is 8.81. The number of amides is 1. The van der Waals surface area contributed by atoms with Gasteiger partial charge in [0.15, 0.2) is 11.4 Å². The fourth-order valence-corrected chi connectivity index (χ4v) is 5.91. The third-order valence-corrected chi connectivity index (χ3v) is 8.29. The number of carbonyl (C=O) groups is 2. The number of ether oxygens (including phenoxy) is 3. The zero-order valence-corrected chi connectivity index (χ0v) is 25.5. The molecule has 1 atom stereocenters. The third kappa shape index (κ3) is 6.55. The van der Waals surface area contributed by atoms with Crippen LogP contribution in [0.5, 0.6) is 17.2 Å². The van der Waals surface area contributed by atoms with Crippen molar-refractivity contribution in [3.8, 4) is 22.9 Å². The van der Waals surface area contributed by atoms with E-state index in [0.29, 0.717) is 54.6 Å². The first-order valence-corrected chi connectivity index (χ1v) is 15.3. The number of fused-ring (bicyclic) bond motifs is 1. The van der Waals surface area contributed by atoms with Gasteiger partial charge >= 0.3 is 5.97 Å². The highest BCUT2D eigenvalue weighted by atomic mass is 16.5. The molecule has 232 valence electrons. The molecule has 45 heavy (non-hydrogen) atoms. The van der Waals surface area contributed by atoms with Crippen molar-refractivity contribution in [1.29, 1.82) is 0 Å². The Morgan fingerprint density at radius 1 is 0.956 bits per heavy atom. The first kappa shape index (κ1) is 29.9. The number of aromatic nitrogens is 2. The van der Waals surface area contributed by atoms with Gasteiger partial charge in [-0.1, -0.05) is 6.07 Å². The second-order valence-electron chi connectivity index (χ2n) is 11.2. The van der Waals surface area contributed by atoms with Crippen molar-refractivity contribution < 1.29 is 23.8 Å². The quantitative estimate of drug-likeness (QED) is 0.242. The number of benzene rings is 3. The maximum atomic E-state index is 13.9. The number of nitrogens with one attached hydrogen (secondary N) is 1. The average molecular weight is 609 g/mol. The Hall–Kier alpha value is -5.12. The molecule has 10 nitrogen and oxygen atoms in total. The number of piperidine rings is 1. The van der Waals surface area contributed by atoms with Crippen molar-refractivity contribution in [2.24, 2.45) is 5.92 Å². The Labute approximate surface area is 261 Å². The Morgan fingerprint density at radius 2 is 1.71 bits per heavy atom. The number of aryl methyl sites for hydroxylation is 2. The molecule has 1 amide bonds. The van der Waals surface area contributed by atoms with Crippen LogP contribution in [0, 0.1) is 5.92 Å². The van der Waals surface area contributed by atoms with E-state index in [0.717, 1.165) is 25.7 Å². The van der Waals surface area contributed by atoms with Crippen LogP contribution in [0.2, 0.25) is 0 Å². The lowest BCUT2D eigenvalue weighted by Crippen LogP contribution is -2.42. The molecular weight excluding hydrogens is 572 g/mol. The smallest absolute Gasteiger partial charge is 0.310 e. The molecule has 4 aromatic rings. The van der Waals surface area contributed by atoms with Crippen molar-refractivity contribution in [2.45, 2.75) is 39.0 Å². The number of hydrogen-bond donors (Lipinski definition) is 1. The average Bonchev–Trinajstić information content (AvgIpc) is 3.55. The number of rotatable bonds is 9. The van der Waals surface area contributed by atoms with E-state index in [4.69, 9.17) is 14.2 Å². The van der Waals surface area contributed by atoms with Crippen LogP contribution in [0.3, 0.4) is 0 Å². The molecule has 1 aromatic heterocycles. The summed E-state index contributed by atoms with van der Waals surface area (Å²) >= 11 is 0. The van der Waals surface area contributed by atoms with Gasteiger partial charge in [0.1, 0.15) is 11.5 Å².